The lowest BCUT2D eigenvalue weighted by Gasteiger charge is -2.23. The molecule has 2 unspecified atom stereocenters. The van der Waals surface area contributed by atoms with E-state index in [9.17, 15) is 5.11 Å². The van der Waals surface area contributed by atoms with Crippen LogP contribution < -0.4 is 0 Å². The fourth-order valence-corrected chi connectivity index (χ4v) is 2.45. The summed E-state index contributed by atoms with van der Waals surface area (Å²) < 4.78 is 11.2. The first-order chi connectivity index (χ1) is 9.66. The molecule has 1 fully saturated rings. The van der Waals surface area contributed by atoms with Crippen molar-refractivity contribution in [1.82, 2.24) is 0 Å². The Kier molecular flexibility index (Phi) is 6.02. The molecule has 0 aromatic heterocycles. The van der Waals surface area contributed by atoms with Gasteiger partial charge in [0.15, 0.2) is 0 Å². The fourth-order valence-electron chi connectivity index (χ4n) is 2.45. The number of hydrogen-bond acceptors (Lipinski definition) is 3. The van der Waals surface area contributed by atoms with E-state index in [1.165, 1.54) is 12.0 Å². The quantitative estimate of drug-likeness (QED) is 0.866. The van der Waals surface area contributed by atoms with Crippen molar-refractivity contribution in [2.45, 2.75) is 51.2 Å². The van der Waals surface area contributed by atoms with Crippen molar-refractivity contribution >= 4 is 0 Å². The average molecular weight is 278 g/mol. The van der Waals surface area contributed by atoms with Crippen molar-refractivity contribution in [3.8, 4) is 0 Å². The molecule has 0 aliphatic carbocycles. The van der Waals surface area contributed by atoms with Crippen LogP contribution in [0.1, 0.15) is 56.3 Å². The molecule has 1 aromatic rings. The zero-order valence-electron chi connectivity index (χ0n) is 12.5. The monoisotopic (exact) mass is 278 g/mol. The third kappa shape index (κ3) is 4.58. The van der Waals surface area contributed by atoms with Gasteiger partial charge in [-0.3, -0.25) is 0 Å². The van der Waals surface area contributed by atoms with Crippen LogP contribution in [0.5, 0.6) is 0 Å². The Bertz CT molecular complexity index is 380. The van der Waals surface area contributed by atoms with Gasteiger partial charge in [-0.1, -0.05) is 38.1 Å². The van der Waals surface area contributed by atoms with Crippen LogP contribution >= 0.6 is 0 Å². The number of aliphatic hydroxyl groups excluding tert-OH is 1. The van der Waals surface area contributed by atoms with Gasteiger partial charge in [0.25, 0.3) is 0 Å². The molecule has 1 saturated heterocycles. The smallest absolute Gasteiger partial charge is 0.102 e. The van der Waals surface area contributed by atoms with E-state index in [2.05, 4.69) is 26.0 Å². The van der Waals surface area contributed by atoms with Crippen molar-refractivity contribution in [3.63, 3.8) is 0 Å². The number of rotatable bonds is 6. The molecule has 1 aliphatic heterocycles. The summed E-state index contributed by atoms with van der Waals surface area (Å²) in [4.78, 5) is 0. The Morgan fingerprint density at radius 1 is 1.20 bits per heavy atom. The molecule has 112 valence electrons. The summed E-state index contributed by atoms with van der Waals surface area (Å²) in [5.41, 5.74) is 2.21. The minimum Gasteiger partial charge on any atom is -0.386 e. The van der Waals surface area contributed by atoms with E-state index < -0.39 is 6.10 Å². The highest BCUT2D eigenvalue weighted by atomic mass is 16.5. The van der Waals surface area contributed by atoms with Crippen LogP contribution in [0.3, 0.4) is 0 Å². The zero-order chi connectivity index (χ0) is 14.4. The standard InChI is InChI=1S/C17H26O3/c1-13(2)14-6-8-15(9-7-14)17(18)12-19-11-16-5-3-4-10-20-16/h6-9,13,16-18H,3-5,10-12H2,1-2H3. The lowest BCUT2D eigenvalue weighted by atomic mass is 10.0. The Hall–Kier alpha value is -0.900. The second-order valence-electron chi connectivity index (χ2n) is 5.86. The second kappa shape index (κ2) is 7.77. The molecule has 3 heteroatoms. The largest absolute Gasteiger partial charge is 0.386 e. The molecule has 0 saturated carbocycles. The molecule has 3 nitrogen and oxygen atoms in total. The van der Waals surface area contributed by atoms with Crippen LogP contribution in [0.25, 0.3) is 0 Å². The Labute approximate surface area is 121 Å². The van der Waals surface area contributed by atoms with Crippen LogP contribution in [-0.4, -0.2) is 31.0 Å². The highest BCUT2D eigenvalue weighted by molar-refractivity contribution is 5.26. The predicted molar refractivity (Wildman–Crippen MR) is 79.9 cm³/mol. The topological polar surface area (TPSA) is 38.7 Å². The van der Waals surface area contributed by atoms with Gasteiger partial charge in [-0.05, 0) is 36.3 Å². The van der Waals surface area contributed by atoms with Crippen molar-refractivity contribution in [1.29, 1.82) is 0 Å². The molecular formula is C17H26O3. The van der Waals surface area contributed by atoms with E-state index in [1.807, 2.05) is 12.1 Å². The summed E-state index contributed by atoms with van der Waals surface area (Å²) in [5, 5.41) is 10.1. The van der Waals surface area contributed by atoms with Crippen LogP contribution in [-0.2, 0) is 9.47 Å². The van der Waals surface area contributed by atoms with Gasteiger partial charge >= 0.3 is 0 Å². The van der Waals surface area contributed by atoms with Gasteiger partial charge in [-0.15, -0.1) is 0 Å². The van der Waals surface area contributed by atoms with Crippen LogP contribution in [0.15, 0.2) is 24.3 Å². The number of aliphatic hydroxyl groups is 1. The van der Waals surface area contributed by atoms with Gasteiger partial charge < -0.3 is 14.6 Å². The van der Waals surface area contributed by atoms with Crippen LogP contribution in [0.4, 0.5) is 0 Å². The van der Waals surface area contributed by atoms with Crippen LogP contribution in [0.2, 0.25) is 0 Å². The minimum absolute atomic E-state index is 0.208. The third-order valence-corrected chi connectivity index (χ3v) is 3.84. The first kappa shape index (κ1) is 15.5. The van der Waals surface area contributed by atoms with Crippen LogP contribution in [0, 0.1) is 0 Å². The van der Waals surface area contributed by atoms with Crippen molar-refractivity contribution in [2.75, 3.05) is 19.8 Å². The van der Waals surface area contributed by atoms with Crippen molar-refractivity contribution < 1.29 is 14.6 Å². The highest BCUT2D eigenvalue weighted by Gasteiger charge is 2.15. The maximum absolute atomic E-state index is 10.1. The maximum Gasteiger partial charge on any atom is 0.102 e. The molecule has 2 rings (SSSR count). The maximum atomic E-state index is 10.1. The summed E-state index contributed by atoms with van der Waals surface area (Å²) in [6.45, 7) is 6.09. The van der Waals surface area contributed by atoms with E-state index in [0.717, 1.165) is 25.0 Å². The van der Waals surface area contributed by atoms with E-state index in [0.29, 0.717) is 19.1 Å². The van der Waals surface area contributed by atoms with Crippen molar-refractivity contribution in [2.24, 2.45) is 0 Å². The number of benzene rings is 1. The predicted octanol–water partition coefficient (Wildman–Crippen LogP) is 3.43. The summed E-state index contributed by atoms with van der Waals surface area (Å²) in [6, 6.07) is 8.13. The Morgan fingerprint density at radius 2 is 1.90 bits per heavy atom. The number of hydrogen-bond donors (Lipinski definition) is 1. The van der Waals surface area contributed by atoms with Gasteiger partial charge in [0.1, 0.15) is 6.10 Å². The van der Waals surface area contributed by atoms with Gasteiger partial charge in [-0.2, -0.15) is 0 Å². The first-order valence-electron chi connectivity index (χ1n) is 7.64. The van der Waals surface area contributed by atoms with Gasteiger partial charge in [0, 0.05) is 6.61 Å². The molecule has 1 heterocycles. The SMILES string of the molecule is CC(C)c1ccc(C(O)COCC2CCCCO2)cc1. The lowest BCUT2D eigenvalue weighted by molar-refractivity contribution is -0.0574. The van der Waals surface area contributed by atoms with E-state index in [4.69, 9.17) is 9.47 Å². The summed E-state index contributed by atoms with van der Waals surface area (Å²) in [5.74, 6) is 0.515. The molecule has 0 amide bonds. The zero-order valence-corrected chi connectivity index (χ0v) is 12.5. The summed E-state index contributed by atoms with van der Waals surface area (Å²) in [7, 11) is 0. The van der Waals surface area contributed by atoms with Gasteiger partial charge in [0.2, 0.25) is 0 Å². The third-order valence-electron chi connectivity index (χ3n) is 3.84. The Balaban J connectivity index is 1.74. The fraction of sp³-hybridized carbons (Fsp3) is 0.647. The molecule has 0 spiro atoms. The van der Waals surface area contributed by atoms with E-state index in [-0.39, 0.29) is 6.10 Å². The molecular weight excluding hydrogens is 252 g/mol. The highest BCUT2D eigenvalue weighted by Crippen LogP contribution is 2.19. The van der Waals surface area contributed by atoms with E-state index >= 15 is 0 Å². The molecule has 0 bridgehead atoms. The molecule has 0 radical (unpaired) electrons. The second-order valence-corrected chi connectivity index (χ2v) is 5.86. The average Bonchev–Trinajstić information content (AvgIpc) is 2.48. The first-order valence-corrected chi connectivity index (χ1v) is 7.64. The van der Waals surface area contributed by atoms with Gasteiger partial charge in [-0.25, -0.2) is 0 Å². The molecule has 1 N–H and O–H groups in total. The minimum atomic E-state index is -0.556. The molecule has 2 atom stereocenters. The lowest BCUT2D eigenvalue weighted by Crippen LogP contribution is -2.25. The van der Waals surface area contributed by atoms with Gasteiger partial charge in [0.05, 0.1) is 19.3 Å². The van der Waals surface area contributed by atoms with E-state index in [1.54, 1.807) is 0 Å². The molecule has 1 aliphatic rings. The summed E-state index contributed by atoms with van der Waals surface area (Å²) in [6.07, 6.45) is 3.09. The normalized spacial score (nSPS) is 21.1. The van der Waals surface area contributed by atoms with Crippen molar-refractivity contribution in [3.05, 3.63) is 35.4 Å². The number of ether oxygens (including phenoxy) is 2. The summed E-state index contributed by atoms with van der Waals surface area (Å²) >= 11 is 0. The molecule has 1 aromatic carbocycles. The molecule has 20 heavy (non-hydrogen) atoms. The Morgan fingerprint density at radius 3 is 2.50 bits per heavy atom.